The van der Waals surface area contributed by atoms with Gasteiger partial charge in [-0.3, -0.25) is 14.4 Å². The SMILES string of the molecule is NC(=O)c1cc(-c2csc(NC(=O)CNC(=O)Cc3ccccc3)n2)c[nH]1. The van der Waals surface area contributed by atoms with Gasteiger partial charge in [0.15, 0.2) is 5.13 Å². The van der Waals surface area contributed by atoms with E-state index < -0.39 is 5.91 Å². The highest BCUT2D eigenvalue weighted by Gasteiger charge is 2.12. The largest absolute Gasteiger partial charge is 0.364 e. The van der Waals surface area contributed by atoms with Crippen molar-refractivity contribution < 1.29 is 14.4 Å². The predicted octanol–water partition coefficient (Wildman–Crippen LogP) is 1.53. The van der Waals surface area contributed by atoms with Crippen molar-refractivity contribution >= 4 is 34.2 Å². The minimum Gasteiger partial charge on any atom is -0.364 e. The summed E-state index contributed by atoms with van der Waals surface area (Å²) in [5.41, 5.74) is 7.66. The molecule has 2 heterocycles. The molecule has 0 saturated carbocycles. The highest BCUT2D eigenvalue weighted by atomic mass is 32.1. The highest BCUT2D eigenvalue weighted by molar-refractivity contribution is 7.14. The first-order valence-corrected chi connectivity index (χ1v) is 8.94. The Kier molecular flexibility index (Phi) is 5.62. The number of benzene rings is 1. The molecule has 0 saturated heterocycles. The smallest absolute Gasteiger partial charge is 0.265 e. The first-order chi connectivity index (χ1) is 13.0. The zero-order valence-electron chi connectivity index (χ0n) is 14.2. The van der Waals surface area contributed by atoms with E-state index in [0.717, 1.165) is 5.56 Å². The van der Waals surface area contributed by atoms with Gasteiger partial charge in [-0.1, -0.05) is 30.3 Å². The van der Waals surface area contributed by atoms with Crippen LogP contribution in [0.1, 0.15) is 16.1 Å². The monoisotopic (exact) mass is 383 g/mol. The summed E-state index contributed by atoms with van der Waals surface area (Å²) >= 11 is 1.24. The number of amides is 3. The molecule has 0 spiro atoms. The van der Waals surface area contributed by atoms with Crippen molar-refractivity contribution in [1.82, 2.24) is 15.3 Å². The molecule has 9 heteroatoms. The number of nitrogens with zero attached hydrogens (tertiary/aromatic N) is 1. The number of carbonyl (C=O) groups is 3. The Balaban J connectivity index is 1.50. The van der Waals surface area contributed by atoms with E-state index in [9.17, 15) is 14.4 Å². The summed E-state index contributed by atoms with van der Waals surface area (Å²) in [6, 6.07) is 10.9. The normalized spacial score (nSPS) is 10.4. The molecule has 0 bridgehead atoms. The van der Waals surface area contributed by atoms with Crippen LogP contribution in [0.15, 0.2) is 48.0 Å². The van der Waals surface area contributed by atoms with Gasteiger partial charge < -0.3 is 21.4 Å². The third-order valence-electron chi connectivity index (χ3n) is 3.65. The molecule has 0 aliphatic heterocycles. The summed E-state index contributed by atoms with van der Waals surface area (Å²) in [5.74, 6) is -1.16. The van der Waals surface area contributed by atoms with Crippen LogP contribution in [0.4, 0.5) is 5.13 Å². The van der Waals surface area contributed by atoms with Gasteiger partial charge in [-0.25, -0.2) is 4.98 Å². The van der Waals surface area contributed by atoms with Gasteiger partial charge in [0.05, 0.1) is 18.7 Å². The molecule has 0 fully saturated rings. The van der Waals surface area contributed by atoms with E-state index in [2.05, 4.69) is 20.6 Å². The van der Waals surface area contributed by atoms with Crippen LogP contribution in [-0.4, -0.2) is 34.2 Å². The van der Waals surface area contributed by atoms with Gasteiger partial charge >= 0.3 is 0 Å². The van der Waals surface area contributed by atoms with E-state index in [1.165, 1.54) is 11.3 Å². The number of nitrogens with one attached hydrogen (secondary N) is 3. The van der Waals surface area contributed by atoms with Crippen LogP contribution in [0.25, 0.3) is 11.3 Å². The molecule has 0 unspecified atom stereocenters. The van der Waals surface area contributed by atoms with Crippen LogP contribution in [0.2, 0.25) is 0 Å². The van der Waals surface area contributed by atoms with Crippen LogP contribution < -0.4 is 16.4 Å². The van der Waals surface area contributed by atoms with Gasteiger partial charge in [-0.05, 0) is 11.6 Å². The van der Waals surface area contributed by atoms with Crippen molar-refractivity contribution in [3.8, 4) is 11.3 Å². The van der Waals surface area contributed by atoms with Crippen molar-refractivity contribution in [3.63, 3.8) is 0 Å². The number of anilines is 1. The molecule has 5 N–H and O–H groups in total. The number of carbonyl (C=O) groups excluding carboxylic acids is 3. The van der Waals surface area contributed by atoms with Gasteiger partial charge in [0, 0.05) is 17.1 Å². The van der Waals surface area contributed by atoms with Crippen LogP contribution in [0, 0.1) is 0 Å². The molecule has 138 valence electrons. The second-order valence-electron chi connectivity index (χ2n) is 5.69. The van der Waals surface area contributed by atoms with Gasteiger partial charge in [-0.15, -0.1) is 11.3 Å². The molecular formula is C18H17N5O3S. The molecule has 8 nitrogen and oxygen atoms in total. The van der Waals surface area contributed by atoms with Gasteiger partial charge in [0.25, 0.3) is 5.91 Å². The van der Waals surface area contributed by atoms with Crippen molar-refractivity contribution in [2.24, 2.45) is 5.73 Å². The van der Waals surface area contributed by atoms with Crippen LogP contribution in [0.5, 0.6) is 0 Å². The molecule has 2 aromatic heterocycles. The van der Waals surface area contributed by atoms with E-state index in [4.69, 9.17) is 5.73 Å². The summed E-state index contributed by atoms with van der Waals surface area (Å²) in [6.07, 6.45) is 1.83. The number of thiazole rings is 1. The van der Waals surface area contributed by atoms with E-state index >= 15 is 0 Å². The third kappa shape index (κ3) is 5.02. The number of hydrogen-bond donors (Lipinski definition) is 4. The molecule has 0 atom stereocenters. The minimum absolute atomic E-state index is 0.142. The Morgan fingerprint density at radius 2 is 1.93 bits per heavy atom. The summed E-state index contributed by atoms with van der Waals surface area (Å²) < 4.78 is 0. The number of nitrogens with two attached hydrogens (primary N) is 1. The minimum atomic E-state index is -0.559. The van der Waals surface area contributed by atoms with Crippen molar-refractivity contribution in [2.45, 2.75) is 6.42 Å². The summed E-state index contributed by atoms with van der Waals surface area (Å²) in [5, 5.41) is 7.35. The van der Waals surface area contributed by atoms with Crippen molar-refractivity contribution in [1.29, 1.82) is 0 Å². The van der Waals surface area contributed by atoms with Crippen molar-refractivity contribution in [3.05, 3.63) is 59.2 Å². The first kappa shape index (κ1) is 18.3. The van der Waals surface area contributed by atoms with Crippen LogP contribution in [0.3, 0.4) is 0 Å². The fraction of sp³-hybridized carbons (Fsp3) is 0.111. The number of hydrogen-bond acceptors (Lipinski definition) is 5. The topological polar surface area (TPSA) is 130 Å². The molecule has 3 amide bonds. The maximum Gasteiger partial charge on any atom is 0.265 e. The van der Waals surface area contributed by atoms with Gasteiger partial charge in [0.2, 0.25) is 11.8 Å². The number of aromatic nitrogens is 2. The van der Waals surface area contributed by atoms with E-state index in [1.54, 1.807) is 17.6 Å². The molecular weight excluding hydrogens is 366 g/mol. The van der Waals surface area contributed by atoms with Gasteiger partial charge in [0.1, 0.15) is 5.69 Å². The lowest BCUT2D eigenvalue weighted by Crippen LogP contribution is -2.33. The third-order valence-corrected chi connectivity index (χ3v) is 4.41. The average Bonchev–Trinajstić information content (AvgIpc) is 3.30. The predicted molar refractivity (Wildman–Crippen MR) is 102 cm³/mol. The molecule has 1 aromatic carbocycles. The lowest BCUT2D eigenvalue weighted by molar-refractivity contribution is -0.123. The van der Waals surface area contributed by atoms with E-state index in [-0.39, 0.29) is 30.5 Å². The lowest BCUT2D eigenvalue weighted by atomic mass is 10.1. The Morgan fingerprint density at radius 1 is 1.15 bits per heavy atom. The molecule has 0 aliphatic carbocycles. The molecule has 3 aromatic rings. The highest BCUT2D eigenvalue weighted by Crippen LogP contribution is 2.25. The maximum atomic E-state index is 12.0. The van der Waals surface area contributed by atoms with E-state index in [0.29, 0.717) is 16.4 Å². The number of rotatable bonds is 7. The number of H-pyrrole nitrogens is 1. The second-order valence-corrected chi connectivity index (χ2v) is 6.55. The second kappa shape index (κ2) is 8.28. The molecule has 3 rings (SSSR count). The summed E-state index contributed by atoms with van der Waals surface area (Å²) in [4.78, 5) is 42.0. The Bertz CT molecular complexity index is 964. The first-order valence-electron chi connectivity index (χ1n) is 8.06. The number of primary amides is 1. The Morgan fingerprint density at radius 3 is 2.63 bits per heavy atom. The molecule has 27 heavy (non-hydrogen) atoms. The van der Waals surface area contributed by atoms with Crippen LogP contribution in [-0.2, 0) is 16.0 Å². The molecule has 0 radical (unpaired) electrons. The van der Waals surface area contributed by atoms with Crippen molar-refractivity contribution in [2.75, 3.05) is 11.9 Å². The average molecular weight is 383 g/mol. The lowest BCUT2D eigenvalue weighted by Gasteiger charge is -2.05. The fourth-order valence-electron chi connectivity index (χ4n) is 2.33. The summed E-state index contributed by atoms with van der Waals surface area (Å²) in [6.45, 7) is -0.142. The zero-order chi connectivity index (χ0) is 19.2. The Hall–Kier alpha value is -3.46. The van der Waals surface area contributed by atoms with Gasteiger partial charge in [-0.2, -0.15) is 0 Å². The maximum absolute atomic E-state index is 12.0. The fourth-order valence-corrected chi connectivity index (χ4v) is 3.07. The number of aromatic amines is 1. The Labute approximate surface area is 158 Å². The summed E-state index contributed by atoms with van der Waals surface area (Å²) in [7, 11) is 0. The molecule has 0 aliphatic rings. The quantitative estimate of drug-likeness (QED) is 0.493. The standard InChI is InChI=1S/C18H17N5O3S/c19-17(26)13-7-12(8-20-13)14-10-27-18(22-14)23-16(25)9-21-15(24)6-11-4-2-1-3-5-11/h1-5,7-8,10,20H,6,9H2,(H2,19,26)(H,21,24)(H,22,23,25). The van der Waals surface area contributed by atoms with E-state index in [1.807, 2.05) is 30.3 Å². The van der Waals surface area contributed by atoms with Crippen LogP contribution >= 0.6 is 11.3 Å². The zero-order valence-corrected chi connectivity index (χ0v) is 15.0.